The Hall–Kier alpha value is -2.63. The van der Waals surface area contributed by atoms with Crippen LogP contribution >= 0.6 is 0 Å². The van der Waals surface area contributed by atoms with Crippen molar-refractivity contribution in [2.24, 2.45) is 5.92 Å². The van der Waals surface area contributed by atoms with Gasteiger partial charge in [-0.15, -0.1) is 0 Å². The van der Waals surface area contributed by atoms with E-state index in [1.807, 2.05) is 31.2 Å². The van der Waals surface area contributed by atoms with Gasteiger partial charge in [-0.1, -0.05) is 62.4 Å². The number of aromatic nitrogens is 2. The summed E-state index contributed by atoms with van der Waals surface area (Å²) in [5.74, 6) is 2.10. The standard InChI is InChI=1S/C26H37N5O/c1-19-16-24(31-26(28-19)27-18-21-12-6-3-7-13-21)30-23(17-20-10-4-2-5-11-20)25(32)29-22-14-8-9-15-22/h2,4-5,10-11,16,21-23H,3,6-9,12-15,17-18H2,1H3,(H,29,32)(H2,27,28,30,31)/t23-/m0/s1. The van der Waals surface area contributed by atoms with Gasteiger partial charge in [-0.3, -0.25) is 4.79 Å². The quantitative estimate of drug-likeness (QED) is 0.524. The second-order valence-electron chi connectivity index (χ2n) is 9.48. The Labute approximate surface area is 192 Å². The summed E-state index contributed by atoms with van der Waals surface area (Å²) in [7, 11) is 0. The van der Waals surface area contributed by atoms with Gasteiger partial charge in [-0.25, -0.2) is 4.98 Å². The number of carbonyl (C=O) groups excluding carboxylic acids is 1. The molecule has 0 radical (unpaired) electrons. The van der Waals surface area contributed by atoms with Crippen LogP contribution in [0.2, 0.25) is 0 Å². The van der Waals surface area contributed by atoms with Crippen LogP contribution in [0.1, 0.15) is 69.0 Å². The Bertz CT molecular complexity index is 860. The van der Waals surface area contributed by atoms with E-state index in [-0.39, 0.29) is 11.9 Å². The zero-order chi connectivity index (χ0) is 22.2. The van der Waals surface area contributed by atoms with Gasteiger partial charge in [0.25, 0.3) is 0 Å². The summed E-state index contributed by atoms with van der Waals surface area (Å²) in [6.45, 7) is 2.89. The molecule has 6 nitrogen and oxygen atoms in total. The van der Waals surface area contributed by atoms with Crippen LogP contribution in [0, 0.1) is 12.8 Å². The summed E-state index contributed by atoms with van der Waals surface area (Å²) in [6.07, 6.45) is 11.7. The van der Waals surface area contributed by atoms with Gasteiger partial charge in [-0.05, 0) is 44.1 Å². The van der Waals surface area contributed by atoms with Crippen molar-refractivity contribution in [3.8, 4) is 0 Å². The van der Waals surface area contributed by atoms with Gasteiger partial charge < -0.3 is 16.0 Å². The van der Waals surface area contributed by atoms with E-state index in [1.165, 1.54) is 44.9 Å². The molecule has 1 atom stereocenters. The number of nitrogens with one attached hydrogen (secondary N) is 3. The van der Waals surface area contributed by atoms with Gasteiger partial charge in [0.1, 0.15) is 11.9 Å². The van der Waals surface area contributed by atoms with Gasteiger partial charge in [0, 0.05) is 30.8 Å². The van der Waals surface area contributed by atoms with E-state index in [2.05, 4.69) is 33.1 Å². The molecule has 172 valence electrons. The molecule has 2 fully saturated rings. The largest absolute Gasteiger partial charge is 0.358 e. The average Bonchev–Trinajstić information content (AvgIpc) is 3.31. The molecule has 0 saturated heterocycles. The highest BCUT2D eigenvalue weighted by atomic mass is 16.2. The lowest BCUT2D eigenvalue weighted by Crippen LogP contribution is -2.45. The lowest BCUT2D eigenvalue weighted by Gasteiger charge is -2.23. The highest BCUT2D eigenvalue weighted by Gasteiger charge is 2.24. The average molecular weight is 436 g/mol. The minimum atomic E-state index is -0.376. The number of carbonyl (C=O) groups is 1. The second kappa shape index (κ2) is 11.3. The fourth-order valence-electron chi connectivity index (χ4n) is 4.96. The Morgan fingerprint density at radius 1 is 1.00 bits per heavy atom. The molecular weight excluding hydrogens is 398 g/mol. The second-order valence-corrected chi connectivity index (χ2v) is 9.48. The van der Waals surface area contributed by atoms with Crippen molar-refractivity contribution in [1.29, 1.82) is 0 Å². The number of benzene rings is 1. The Kier molecular flexibility index (Phi) is 7.97. The molecular formula is C26H37N5O. The maximum absolute atomic E-state index is 13.2. The van der Waals surface area contributed by atoms with Gasteiger partial charge in [-0.2, -0.15) is 4.98 Å². The van der Waals surface area contributed by atoms with E-state index in [9.17, 15) is 4.79 Å². The predicted octanol–water partition coefficient (Wildman–Crippen LogP) is 4.86. The van der Waals surface area contributed by atoms with Crippen LogP contribution in [0.25, 0.3) is 0 Å². The molecule has 2 aliphatic rings. The molecule has 0 aliphatic heterocycles. The SMILES string of the molecule is Cc1cc(N[C@@H](Cc2ccccc2)C(=O)NC2CCCC2)nc(NCC2CCCCC2)n1. The predicted molar refractivity (Wildman–Crippen MR) is 130 cm³/mol. The van der Waals surface area contributed by atoms with E-state index < -0.39 is 0 Å². The molecule has 4 rings (SSSR count). The summed E-state index contributed by atoms with van der Waals surface area (Å²) in [6, 6.07) is 12.0. The lowest BCUT2D eigenvalue weighted by atomic mass is 9.89. The molecule has 1 amide bonds. The Morgan fingerprint density at radius 2 is 1.72 bits per heavy atom. The van der Waals surface area contributed by atoms with Crippen LogP contribution in [-0.4, -0.2) is 34.5 Å². The van der Waals surface area contributed by atoms with Crippen molar-refractivity contribution in [3.63, 3.8) is 0 Å². The number of hydrogen-bond donors (Lipinski definition) is 3. The van der Waals surface area contributed by atoms with Crippen molar-refractivity contribution in [2.45, 2.75) is 83.2 Å². The van der Waals surface area contributed by atoms with E-state index in [4.69, 9.17) is 4.98 Å². The van der Waals surface area contributed by atoms with E-state index in [1.54, 1.807) is 0 Å². The summed E-state index contributed by atoms with van der Waals surface area (Å²) < 4.78 is 0. The van der Waals surface area contributed by atoms with Crippen molar-refractivity contribution in [3.05, 3.63) is 47.7 Å². The highest BCUT2D eigenvalue weighted by Crippen LogP contribution is 2.24. The number of hydrogen-bond acceptors (Lipinski definition) is 5. The fraction of sp³-hybridized carbons (Fsp3) is 0.577. The molecule has 1 aromatic carbocycles. The molecule has 2 saturated carbocycles. The zero-order valence-electron chi connectivity index (χ0n) is 19.3. The molecule has 6 heteroatoms. The molecule has 3 N–H and O–H groups in total. The Balaban J connectivity index is 1.44. The summed E-state index contributed by atoms with van der Waals surface area (Å²) in [5.41, 5.74) is 2.02. The van der Waals surface area contributed by atoms with Gasteiger partial charge in [0.05, 0.1) is 0 Å². The maximum atomic E-state index is 13.2. The van der Waals surface area contributed by atoms with E-state index in [0.717, 1.165) is 30.6 Å². The molecule has 1 aromatic heterocycles. The monoisotopic (exact) mass is 435 g/mol. The van der Waals surface area contributed by atoms with Gasteiger partial charge in [0.15, 0.2) is 0 Å². The number of aryl methyl sites for hydroxylation is 1. The number of rotatable bonds is 9. The minimum Gasteiger partial charge on any atom is -0.358 e. The molecule has 0 bridgehead atoms. The zero-order valence-corrected chi connectivity index (χ0v) is 19.3. The lowest BCUT2D eigenvalue weighted by molar-refractivity contribution is -0.122. The van der Waals surface area contributed by atoms with E-state index in [0.29, 0.717) is 30.1 Å². The first kappa shape index (κ1) is 22.6. The van der Waals surface area contributed by atoms with Crippen molar-refractivity contribution < 1.29 is 4.79 Å². The summed E-state index contributed by atoms with van der Waals surface area (Å²) in [4.78, 5) is 22.5. The molecule has 2 aliphatic carbocycles. The number of amides is 1. The molecule has 1 heterocycles. The molecule has 0 unspecified atom stereocenters. The summed E-state index contributed by atoms with van der Waals surface area (Å²) in [5, 5.41) is 10.1. The number of nitrogens with zero attached hydrogens (tertiary/aromatic N) is 2. The van der Waals surface area contributed by atoms with Crippen LogP contribution < -0.4 is 16.0 Å². The van der Waals surface area contributed by atoms with Crippen molar-refractivity contribution >= 4 is 17.7 Å². The summed E-state index contributed by atoms with van der Waals surface area (Å²) >= 11 is 0. The van der Waals surface area contributed by atoms with Gasteiger partial charge >= 0.3 is 0 Å². The smallest absolute Gasteiger partial charge is 0.243 e. The van der Waals surface area contributed by atoms with Crippen LogP contribution in [0.5, 0.6) is 0 Å². The highest BCUT2D eigenvalue weighted by molar-refractivity contribution is 5.85. The van der Waals surface area contributed by atoms with Crippen LogP contribution in [0.15, 0.2) is 36.4 Å². The minimum absolute atomic E-state index is 0.0498. The third-order valence-electron chi connectivity index (χ3n) is 6.75. The topological polar surface area (TPSA) is 78.9 Å². The molecule has 0 spiro atoms. The normalized spacial score (nSPS) is 18.3. The Morgan fingerprint density at radius 3 is 2.47 bits per heavy atom. The first-order valence-corrected chi connectivity index (χ1v) is 12.4. The third-order valence-corrected chi connectivity index (χ3v) is 6.75. The van der Waals surface area contributed by atoms with E-state index >= 15 is 0 Å². The van der Waals surface area contributed by atoms with Crippen molar-refractivity contribution in [2.75, 3.05) is 17.2 Å². The van der Waals surface area contributed by atoms with Crippen molar-refractivity contribution in [1.82, 2.24) is 15.3 Å². The van der Waals surface area contributed by atoms with Crippen LogP contribution in [-0.2, 0) is 11.2 Å². The molecule has 32 heavy (non-hydrogen) atoms. The first-order chi connectivity index (χ1) is 15.7. The first-order valence-electron chi connectivity index (χ1n) is 12.4. The third kappa shape index (κ3) is 6.68. The fourth-order valence-corrected chi connectivity index (χ4v) is 4.96. The maximum Gasteiger partial charge on any atom is 0.243 e. The molecule has 2 aromatic rings. The van der Waals surface area contributed by atoms with Crippen LogP contribution in [0.4, 0.5) is 11.8 Å². The van der Waals surface area contributed by atoms with Crippen LogP contribution in [0.3, 0.4) is 0 Å². The van der Waals surface area contributed by atoms with Gasteiger partial charge in [0.2, 0.25) is 11.9 Å². The number of anilines is 2.